The monoisotopic (exact) mass is 209 g/mol. The second kappa shape index (κ2) is 4.06. The van der Waals surface area contributed by atoms with Gasteiger partial charge < -0.3 is 14.8 Å². The topological polar surface area (TPSA) is 62.5 Å². The molecule has 4 heteroatoms. The summed E-state index contributed by atoms with van der Waals surface area (Å²) in [6.45, 7) is 2.76. The minimum Gasteiger partial charge on any atom is -0.475 e. The number of aromatic carboxylic acids is 1. The summed E-state index contributed by atoms with van der Waals surface area (Å²) in [4.78, 5) is 10.7. The van der Waals surface area contributed by atoms with Gasteiger partial charge in [0.15, 0.2) is 0 Å². The first-order valence-corrected chi connectivity index (χ1v) is 5.25. The average molecular weight is 209 g/mol. The van der Waals surface area contributed by atoms with Crippen molar-refractivity contribution in [2.45, 2.75) is 32.4 Å². The third-order valence-corrected chi connectivity index (χ3v) is 2.94. The van der Waals surface area contributed by atoms with Gasteiger partial charge in [0.25, 0.3) is 0 Å². The molecule has 1 heterocycles. The lowest BCUT2D eigenvalue weighted by atomic mass is 10.2. The maximum absolute atomic E-state index is 10.7. The highest BCUT2D eigenvalue weighted by Gasteiger charge is 2.34. The predicted octanol–water partition coefficient (Wildman–Crippen LogP) is 1.87. The van der Waals surface area contributed by atoms with Gasteiger partial charge in [-0.3, -0.25) is 0 Å². The lowest BCUT2D eigenvalue weighted by molar-refractivity contribution is 0.0660. The van der Waals surface area contributed by atoms with E-state index in [0.29, 0.717) is 12.6 Å². The van der Waals surface area contributed by atoms with Gasteiger partial charge in [-0.05, 0) is 18.4 Å². The molecule has 0 aromatic carbocycles. The summed E-state index contributed by atoms with van der Waals surface area (Å²) in [5.74, 6) is -0.180. The molecule has 1 aromatic heterocycles. The maximum Gasteiger partial charge on any atom is 0.372 e. The second-order valence-electron chi connectivity index (χ2n) is 3.97. The number of carboxylic acid groups (broad SMARTS) is 1. The van der Waals surface area contributed by atoms with Crippen molar-refractivity contribution in [1.82, 2.24) is 5.32 Å². The number of carboxylic acids is 1. The van der Waals surface area contributed by atoms with E-state index in [-0.39, 0.29) is 5.76 Å². The van der Waals surface area contributed by atoms with Gasteiger partial charge in [-0.1, -0.05) is 13.3 Å². The summed E-state index contributed by atoms with van der Waals surface area (Å²) in [6.07, 6.45) is 3.82. The standard InChI is InChI=1S/C11H15NO3/c1-2-7-5-9(7)12-6-8-3-4-15-10(8)11(13)14/h3-4,7,9,12H,2,5-6H2,1H3,(H,13,14). The summed E-state index contributed by atoms with van der Waals surface area (Å²) in [7, 11) is 0. The lowest BCUT2D eigenvalue weighted by Crippen LogP contribution is -2.18. The Kier molecular flexibility index (Phi) is 2.77. The Morgan fingerprint density at radius 2 is 2.53 bits per heavy atom. The quantitative estimate of drug-likeness (QED) is 0.777. The van der Waals surface area contributed by atoms with Crippen molar-refractivity contribution in [3.05, 3.63) is 23.7 Å². The Bertz CT molecular complexity index is 358. The van der Waals surface area contributed by atoms with Crippen molar-refractivity contribution >= 4 is 5.97 Å². The Morgan fingerprint density at radius 1 is 1.73 bits per heavy atom. The molecule has 15 heavy (non-hydrogen) atoms. The Balaban J connectivity index is 1.88. The molecule has 2 N–H and O–H groups in total. The Labute approximate surface area is 88.3 Å². The van der Waals surface area contributed by atoms with Crippen LogP contribution in [0.2, 0.25) is 0 Å². The number of nitrogens with one attached hydrogen (secondary N) is 1. The maximum atomic E-state index is 10.7. The molecule has 0 saturated heterocycles. The molecule has 1 aromatic rings. The molecular weight excluding hydrogens is 194 g/mol. The van der Waals surface area contributed by atoms with E-state index in [1.54, 1.807) is 6.07 Å². The number of hydrogen-bond donors (Lipinski definition) is 2. The van der Waals surface area contributed by atoms with E-state index in [1.165, 1.54) is 19.1 Å². The van der Waals surface area contributed by atoms with Crippen LogP contribution in [0.1, 0.15) is 35.9 Å². The van der Waals surface area contributed by atoms with E-state index in [2.05, 4.69) is 12.2 Å². The van der Waals surface area contributed by atoms with Gasteiger partial charge >= 0.3 is 5.97 Å². The second-order valence-corrected chi connectivity index (χ2v) is 3.97. The van der Waals surface area contributed by atoms with Crippen LogP contribution in [0.5, 0.6) is 0 Å². The van der Waals surface area contributed by atoms with Crippen LogP contribution >= 0.6 is 0 Å². The largest absolute Gasteiger partial charge is 0.475 e. The molecule has 0 radical (unpaired) electrons. The lowest BCUT2D eigenvalue weighted by Gasteiger charge is -2.01. The van der Waals surface area contributed by atoms with Crippen LogP contribution in [0.3, 0.4) is 0 Å². The third kappa shape index (κ3) is 2.21. The first-order valence-electron chi connectivity index (χ1n) is 5.25. The number of carbonyl (C=O) groups is 1. The molecule has 82 valence electrons. The zero-order valence-corrected chi connectivity index (χ0v) is 8.69. The molecule has 2 unspecified atom stereocenters. The van der Waals surface area contributed by atoms with Crippen molar-refractivity contribution in [2.24, 2.45) is 5.92 Å². The van der Waals surface area contributed by atoms with Crippen LogP contribution in [-0.4, -0.2) is 17.1 Å². The van der Waals surface area contributed by atoms with Gasteiger partial charge in [0.2, 0.25) is 5.76 Å². The molecule has 0 aliphatic heterocycles. The van der Waals surface area contributed by atoms with Crippen molar-refractivity contribution in [2.75, 3.05) is 0 Å². The van der Waals surface area contributed by atoms with Gasteiger partial charge in [-0.15, -0.1) is 0 Å². The minimum atomic E-state index is -1.00. The van der Waals surface area contributed by atoms with Gasteiger partial charge in [0.1, 0.15) is 0 Å². The highest BCUT2D eigenvalue weighted by molar-refractivity contribution is 5.86. The zero-order chi connectivity index (χ0) is 10.8. The van der Waals surface area contributed by atoms with E-state index >= 15 is 0 Å². The summed E-state index contributed by atoms with van der Waals surface area (Å²) < 4.78 is 4.89. The molecule has 1 aliphatic carbocycles. The van der Waals surface area contributed by atoms with Crippen molar-refractivity contribution < 1.29 is 14.3 Å². The van der Waals surface area contributed by atoms with E-state index in [0.717, 1.165) is 11.5 Å². The highest BCUT2D eigenvalue weighted by atomic mass is 16.4. The SMILES string of the molecule is CCC1CC1NCc1ccoc1C(=O)O. The average Bonchev–Trinajstić information content (AvgIpc) is 2.81. The fourth-order valence-electron chi connectivity index (χ4n) is 1.85. The fraction of sp³-hybridized carbons (Fsp3) is 0.545. The van der Waals surface area contributed by atoms with Crippen LogP contribution in [0.4, 0.5) is 0 Å². The van der Waals surface area contributed by atoms with Crippen molar-refractivity contribution in [3.63, 3.8) is 0 Å². The molecule has 0 amide bonds. The summed E-state index contributed by atoms with van der Waals surface area (Å²) >= 11 is 0. The summed E-state index contributed by atoms with van der Waals surface area (Å²) in [5.41, 5.74) is 0.726. The van der Waals surface area contributed by atoms with Crippen LogP contribution < -0.4 is 5.32 Å². The van der Waals surface area contributed by atoms with Crippen LogP contribution in [0.25, 0.3) is 0 Å². The molecule has 1 saturated carbocycles. The highest BCUT2D eigenvalue weighted by Crippen LogP contribution is 2.33. The van der Waals surface area contributed by atoms with E-state index < -0.39 is 5.97 Å². The molecule has 0 bridgehead atoms. The number of furan rings is 1. The van der Waals surface area contributed by atoms with Crippen LogP contribution in [0, 0.1) is 5.92 Å². The molecule has 2 rings (SSSR count). The zero-order valence-electron chi connectivity index (χ0n) is 8.69. The van der Waals surface area contributed by atoms with E-state index in [1.807, 2.05) is 0 Å². The molecule has 0 spiro atoms. The van der Waals surface area contributed by atoms with E-state index in [4.69, 9.17) is 9.52 Å². The fourth-order valence-corrected chi connectivity index (χ4v) is 1.85. The third-order valence-electron chi connectivity index (χ3n) is 2.94. The van der Waals surface area contributed by atoms with Crippen molar-refractivity contribution in [1.29, 1.82) is 0 Å². The molecule has 1 aliphatic rings. The smallest absolute Gasteiger partial charge is 0.372 e. The van der Waals surface area contributed by atoms with E-state index in [9.17, 15) is 4.79 Å². The normalized spacial score (nSPS) is 24.1. The number of rotatable bonds is 5. The molecule has 2 atom stereocenters. The predicted molar refractivity (Wildman–Crippen MR) is 54.7 cm³/mol. The molecule has 4 nitrogen and oxygen atoms in total. The van der Waals surface area contributed by atoms with Gasteiger partial charge in [-0.25, -0.2) is 4.79 Å². The Hall–Kier alpha value is -1.29. The van der Waals surface area contributed by atoms with Gasteiger partial charge in [-0.2, -0.15) is 0 Å². The molecule has 1 fully saturated rings. The minimum absolute atomic E-state index is 0.0520. The van der Waals surface area contributed by atoms with Crippen molar-refractivity contribution in [3.8, 4) is 0 Å². The summed E-state index contributed by atoms with van der Waals surface area (Å²) in [6, 6.07) is 2.27. The molecular formula is C11H15NO3. The number of hydrogen-bond acceptors (Lipinski definition) is 3. The first-order chi connectivity index (χ1) is 7.22. The van der Waals surface area contributed by atoms with Crippen LogP contribution in [0.15, 0.2) is 16.7 Å². The van der Waals surface area contributed by atoms with Gasteiger partial charge in [0.05, 0.1) is 6.26 Å². The van der Waals surface area contributed by atoms with Crippen LogP contribution in [-0.2, 0) is 6.54 Å². The van der Waals surface area contributed by atoms with Gasteiger partial charge in [0, 0.05) is 18.2 Å². The first kappa shape index (κ1) is 10.2. The Morgan fingerprint density at radius 3 is 3.13 bits per heavy atom. The summed E-state index contributed by atoms with van der Waals surface area (Å²) in [5, 5.41) is 12.1.